The van der Waals surface area contributed by atoms with Crippen molar-refractivity contribution in [3.63, 3.8) is 0 Å². The summed E-state index contributed by atoms with van der Waals surface area (Å²) in [5.74, 6) is 0.288. The summed E-state index contributed by atoms with van der Waals surface area (Å²) in [6, 6.07) is 6.46. The third kappa shape index (κ3) is 3.60. The molecule has 0 radical (unpaired) electrons. The number of nitrogens with zero attached hydrogens (tertiary/aromatic N) is 2. The van der Waals surface area contributed by atoms with E-state index >= 15 is 0 Å². The van der Waals surface area contributed by atoms with Crippen LogP contribution in [0.1, 0.15) is 24.8 Å². The van der Waals surface area contributed by atoms with Crippen LogP contribution >= 0.6 is 0 Å². The summed E-state index contributed by atoms with van der Waals surface area (Å²) in [5.41, 5.74) is 0.608. The molecule has 3 heterocycles. The molecular formula is C17H21N3O5S2. The number of amides is 1. The zero-order chi connectivity index (χ0) is 19.2. The standard InChI is InChI=1S/C17H21N3O5S2/c21-17(18-13-7-10-26(22,23)11-13)12-5-8-20(9-6-12)16-14-3-1-2-4-15(14)27(24,25)19-16/h1-4,12-13H,5-11H2,(H,18,21). The lowest BCUT2D eigenvalue weighted by Crippen LogP contribution is -2.45. The lowest BCUT2D eigenvalue weighted by atomic mass is 9.95. The Hall–Kier alpha value is -1.94. The highest BCUT2D eigenvalue weighted by Gasteiger charge is 2.35. The summed E-state index contributed by atoms with van der Waals surface area (Å²) in [4.78, 5) is 14.6. The van der Waals surface area contributed by atoms with Crippen molar-refractivity contribution in [1.29, 1.82) is 0 Å². The Bertz CT molecular complexity index is 1010. The largest absolute Gasteiger partial charge is 0.355 e. The molecule has 4 rings (SSSR count). The normalized spacial score (nSPS) is 26.4. The lowest BCUT2D eigenvalue weighted by molar-refractivity contribution is -0.126. The minimum absolute atomic E-state index is 0.0169. The summed E-state index contributed by atoms with van der Waals surface area (Å²) in [7, 11) is -6.68. The average Bonchev–Trinajstić information content (AvgIpc) is 3.11. The molecule has 0 spiro atoms. The third-order valence-corrected chi connectivity index (χ3v) is 8.45. The Balaban J connectivity index is 1.39. The molecule has 1 amide bonds. The maximum absolute atomic E-state index is 12.4. The molecule has 0 bridgehead atoms. The van der Waals surface area contributed by atoms with E-state index in [1.165, 1.54) is 0 Å². The van der Waals surface area contributed by atoms with Gasteiger partial charge in [-0.1, -0.05) is 12.1 Å². The Morgan fingerprint density at radius 1 is 1.07 bits per heavy atom. The Morgan fingerprint density at radius 2 is 1.78 bits per heavy atom. The summed E-state index contributed by atoms with van der Waals surface area (Å²) in [5, 5.41) is 2.85. The van der Waals surface area contributed by atoms with E-state index in [1.54, 1.807) is 24.3 Å². The molecule has 27 heavy (non-hydrogen) atoms. The number of amidine groups is 1. The molecule has 0 aromatic heterocycles. The number of carbonyl (C=O) groups excluding carboxylic acids is 1. The summed E-state index contributed by atoms with van der Waals surface area (Å²) in [6.07, 6.45) is 1.62. The van der Waals surface area contributed by atoms with Crippen LogP contribution in [0.5, 0.6) is 0 Å². The van der Waals surface area contributed by atoms with Crippen molar-refractivity contribution in [2.75, 3.05) is 24.6 Å². The number of piperidine rings is 1. The maximum Gasteiger partial charge on any atom is 0.285 e. The average molecular weight is 412 g/mol. The predicted octanol–water partition coefficient (Wildman–Crippen LogP) is 0.151. The molecule has 146 valence electrons. The monoisotopic (exact) mass is 411 g/mol. The number of hydrogen-bond donors (Lipinski definition) is 1. The van der Waals surface area contributed by atoms with Crippen LogP contribution in [0.3, 0.4) is 0 Å². The smallest absolute Gasteiger partial charge is 0.285 e. The Labute approximate surface area is 158 Å². The van der Waals surface area contributed by atoms with Crippen molar-refractivity contribution in [1.82, 2.24) is 10.2 Å². The number of carbonyl (C=O) groups is 1. The first-order valence-electron chi connectivity index (χ1n) is 8.95. The van der Waals surface area contributed by atoms with Gasteiger partial charge in [-0.25, -0.2) is 8.42 Å². The highest BCUT2D eigenvalue weighted by molar-refractivity contribution is 7.91. The molecule has 0 aliphatic carbocycles. The predicted molar refractivity (Wildman–Crippen MR) is 99.7 cm³/mol. The van der Waals surface area contributed by atoms with Gasteiger partial charge in [-0.2, -0.15) is 8.42 Å². The van der Waals surface area contributed by atoms with E-state index in [1.807, 2.05) is 4.90 Å². The molecule has 1 atom stereocenters. The van der Waals surface area contributed by atoms with Crippen LogP contribution in [-0.4, -0.2) is 64.1 Å². The first-order chi connectivity index (χ1) is 12.8. The van der Waals surface area contributed by atoms with Crippen LogP contribution < -0.4 is 5.32 Å². The second kappa shape index (κ2) is 6.59. The molecule has 0 saturated carbocycles. The minimum atomic E-state index is -3.65. The SMILES string of the molecule is O=C(NC1CCS(=O)(=O)C1)C1CCN(C2=NS(=O)(=O)c3ccccc32)CC1. The second-order valence-electron chi connectivity index (χ2n) is 7.26. The van der Waals surface area contributed by atoms with Gasteiger partial charge in [0.05, 0.1) is 11.5 Å². The molecule has 2 saturated heterocycles. The van der Waals surface area contributed by atoms with E-state index in [0.717, 1.165) is 0 Å². The maximum atomic E-state index is 12.4. The highest BCUT2D eigenvalue weighted by atomic mass is 32.2. The third-order valence-electron chi connectivity index (χ3n) is 5.36. The van der Waals surface area contributed by atoms with Crippen LogP contribution in [0.4, 0.5) is 0 Å². The van der Waals surface area contributed by atoms with Crippen molar-refractivity contribution in [2.45, 2.75) is 30.2 Å². The lowest BCUT2D eigenvalue weighted by Gasteiger charge is -2.33. The molecule has 1 unspecified atom stereocenters. The van der Waals surface area contributed by atoms with E-state index in [-0.39, 0.29) is 34.3 Å². The van der Waals surface area contributed by atoms with Crippen molar-refractivity contribution < 1.29 is 21.6 Å². The van der Waals surface area contributed by atoms with Gasteiger partial charge in [-0.15, -0.1) is 4.40 Å². The van der Waals surface area contributed by atoms with E-state index in [2.05, 4.69) is 9.71 Å². The van der Waals surface area contributed by atoms with Crippen LogP contribution in [0.15, 0.2) is 33.6 Å². The van der Waals surface area contributed by atoms with Gasteiger partial charge in [-0.05, 0) is 31.4 Å². The van der Waals surface area contributed by atoms with Crippen molar-refractivity contribution in [3.8, 4) is 0 Å². The van der Waals surface area contributed by atoms with Crippen LogP contribution in [-0.2, 0) is 24.7 Å². The van der Waals surface area contributed by atoms with Gasteiger partial charge >= 0.3 is 0 Å². The van der Waals surface area contributed by atoms with E-state index < -0.39 is 19.9 Å². The zero-order valence-electron chi connectivity index (χ0n) is 14.7. The topological polar surface area (TPSA) is 113 Å². The number of likely N-dealkylation sites (tertiary alicyclic amines) is 1. The molecule has 2 fully saturated rings. The Kier molecular flexibility index (Phi) is 4.50. The van der Waals surface area contributed by atoms with Gasteiger partial charge in [0, 0.05) is 30.6 Å². The first kappa shape index (κ1) is 18.4. The van der Waals surface area contributed by atoms with E-state index in [9.17, 15) is 21.6 Å². The van der Waals surface area contributed by atoms with E-state index in [4.69, 9.17) is 0 Å². The first-order valence-corrected chi connectivity index (χ1v) is 12.2. The number of sulfonamides is 1. The summed E-state index contributed by atoms with van der Waals surface area (Å²) < 4.78 is 51.4. The molecular weight excluding hydrogens is 390 g/mol. The zero-order valence-corrected chi connectivity index (χ0v) is 16.3. The van der Waals surface area contributed by atoms with Gasteiger partial charge in [-0.3, -0.25) is 4.79 Å². The van der Waals surface area contributed by atoms with Gasteiger partial charge in [0.25, 0.3) is 10.0 Å². The fraction of sp³-hybridized carbons (Fsp3) is 0.529. The minimum Gasteiger partial charge on any atom is -0.355 e. The van der Waals surface area contributed by atoms with Crippen molar-refractivity contribution >= 4 is 31.6 Å². The number of fused-ring (bicyclic) bond motifs is 1. The number of sulfone groups is 1. The Morgan fingerprint density at radius 3 is 2.44 bits per heavy atom. The van der Waals surface area contributed by atoms with Gasteiger partial charge < -0.3 is 10.2 Å². The molecule has 1 N–H and O–H groups in total. The second-order valence-corrected chi connectivity index (χ2v) is 11.1. The molecule has 10 heteroatoms. The fourth-order valence-electron chi connectivity index (χ4n) is 3.90. The number of rotatable bonds is 2. The van der Waals surface area contributed by atoms with Gasteiger partial charge in [0.15, 0.2) is 15.7 Å². The van der Waals surface area contributed by atoms with E-state index in [0.29, 0.717) is 43.8 Å². The van der Waals surface area contributed by atoms with Crippen LogP contribution in [0.25, 0.3) is 0 Å². The van der Waals surface area contributed by atoms with Crippen LogP contribution in [0.2, 0.25) is 0 Å². The van der Waals surface area contributed by atoms with Crippen molar-refractivity contribution in [2.24, 2.45) is 10.3 Å². The quantitative estimate of drug-likeness (QED) is 0.741. The van der Waals surface area contributed by atoms with Gasteiger partial charge in [0.2, 0.25) is 5.91 Å². The molecule has 3 aliphatic rings. The summed E-state index contributed by atoms with van der Waals surface area (Å²) >= 11 is 0. The van der Waals surface area contributed by atoms with Crippen LogP contribution in [0, 0.1) is 5.92 Å². The summed E-state index contributed by atoms with van der Waals surface area (Å²) in [6.45, 7) is 1.06. The highest BCUT2D eigenvalue weighted by Crippen LogP contribution is 2.29. The fourth-order valence-corrected chi connectivity index (χ4v) is 6.80. The number of benzene rings is 1. The molecule has 1 aromatic carbocycles. The molecule has 3 aliphatic heterocycles. The van der Waals surface area contributed by atoms with Crippen molar-refractivity contribution in [3.05, 3.63) is 29.8 Å². The number of hydrogen-bond acceptors (Lipinski definition) is 6. The molecule has 8 nitrogen and oxygen atoms in total. The number of nitrogens with one attached hydrogen (secondary N) is 1. The van der Waals surface area contributed by atoms with Gasteiger partial charge in [0.1, 0.15) is 4.90 Å². The molecule has 1 aromatic rings.